The fraction of sp³-hybridized carbons (Fsp3) is 0.800. The highest BCUT2D eigenvalue weighted by molar-refractivity contribution is 7.09. The first-order chi connectivity index (χ1) is 7.81. The van der Waals surface area contributed by atoms with Gasteiger partial charge in [-0.25, -0.2) is 4.98 Å². The Morgan fingerprint density at radius 3 is 3.00 bits per heavy atom. The molecule has 1 aliphatic rings. The van der Waals surface area contributed by atoms with Gasteiger partial charge in [0.05, 0.1) is 6.10 Å². The Morgan fingerprint density at radius 2 is 2.31 bits per heavy atom. The molecule has 1 fully saturated rings. The molecule has 0 saturated heterocycles. The van der Waals surface area contributed by atoms with Crippen LogP contribution in [-0.4, -0.2) is 35.7 Å². The third-order valence-electron chi connectivity index (χ3n) is 2.79. The number of nitrogens with zero attached hydrogens (tertiary/aromatic N) is 2. The molecule has 0 aliphatic heterocycles. The molecule has 2 atom stereocenters. The van der Waals surface area contributed by atoms with Gasteiger partial charge in [0, 0.05) is 31.8 Å². The van der Waals surface area contributed by atoms with E-state index in [9.17, 15) is 0 Å². The summed E-state index contributed by atoms with van der Waals surface area (Å²) in [6, 6.07) is 0.466. The van der Waals surface area contributed by atoms with Crippen LogP contribution in [0.4, 0.5) is 5.13 Å². The van der Waals surface area contributed by atoms with E-state index >= 15 is 0 Å². The Kier molecular flexibility index (Phi) is 4.09. The number of rotatable bonds is 5. The van der Waals surface area contributed by atoms with Gasteiger partial charge in [-0.05, 0) is 19.3 Å². The number of ether oxygens (including phenoxy) is 2. The lowest BCUT2D eigenvalue weighted by molar-refractivity contribution is 0.108. The van der Waals surface area contributed by atoms with Crippen molar-refractivity contribution in [2.24, 2.45) is 0 Å². The van der Waals surface area contributed by atoms with E-state index in [1.807, 2.05) is 0 Å². The second-order valence-corrected chi connectivity index (χ2v) is 4.71. The molecule has 90 valence electrons. The lowest BCUT2D eigenvalue weighted by Gasteiger charge is -2.10. The number of methoxy groups -OCH3 is 2. The Morgan fingerprint density at radius 1 is 1.44 bits per heavy atom. The zero-order valence-electron chi connectivity index (χ0n) is 9.60. The first-order valence-electron chi connectivity index (χ1n) is 5.42. The number of nitrogens with one attached hydrogen (secondary N) is 1. The summed E-state index contributed by atoms with van der Waals surface area (Å²) < 4.78 is 14.5. The summed E-state index contributed by atoms with van der Waals surface area (Å²) in [4.78, 5) is 4.34. The Balaban J connectivity index is 1.84. The molecule has 0 spiro atoms. The summed E-state index contributed by atoms with van der Waals surface area (Å²) in [5, 5.41) is 4.28. The minimum absolute atomic E-state index is 0.392. The molecular weight excluding hydrogens is 226 g/mol. The van der Waals surface area contributed by atoms with Crippen molar-refractivity contribution in [1.29, 1.82) is 0 Å². The summed E-state index contributed by atoms with van der Waals surface area (Å²) in [5.74, 6) is 0.747. The molecule has 1 heterocycles. The standard InChI is InChI=1S/C10H17N3O2S/c1-14-6-9-12-10(16-13-9)11-7-3-4-8(5-7)15-2/h7-8H,3-6H2,1-2H3,(H,11,12,13). The monoisotopic (exact) mass is 243 g/mol. The van der Waals surface area contributed by atoms with Gasteiger partial charge < -0.3 is 14.8 Å². The first-order valence-corrected chi connectivity index (χ1v) is 6.20. The van der Waals surface area contributed by atoms with E-state index in [-0.39, 0.29) is 0 Å². The highest BCUT2D eigenvalue weighted by Crippen LogP contribution is 2.25. The SMILES string of the molecule is COCc1nsc(NC2CCC(OC)C2)n1. The van der Waals surface area contributed by atoms with Gasteiger partial charge in [0.15, 0.2) is 5.82 Å². The molecule has 5 nitrogen and oxygen atoms in total. The van der Waals surface area contributed by atoms with Gasteiger partial charge in [-0.15, -0.1) is 0 Å². The van der Waals surface area contributed by atoms with Crippen LogP contribution >= 0.6 is 11.5 Å². The number of anilines is 1. The third kappa shape index (κ3) is 2.90. The molecule has 0 aromatic carbocycles. The molecule has 1 aromatic rings. The fourth-order valence-electron chi connectivity index (χ4n) is 1.96. The van der Waals surface area contributed by atoms with Crippen molar-refractivity contribution in [1.82, 2.24) is 9.36 Å². The molecule has 6 heteroatoms. The number of hydrogen-bond acceptors (Lipinski definition) is 6. The molecule has 1 N–H and O–H groups in total. The van der Waals surface area contributed by atoms with Gasteiger partial charge in [-0.2, -0.15) is 4.37 Å². The Labute approximate surface area is 99.3 Å². The van der Waals surface area contributed by atoms with E-state index in [1.165, 1.54) is 11.5 Å². The normalized spacial score (nSPS) is 24.9. The zero-order chi connectivity index (χ0) is 11.4. The highest BCUT2D eigenvalue weighted by Gasteiger charge is 2.24. The number of hydrogen-bond donors (Lipinski definition) is 1. The predicted molar refractivity (Wildman–Crippen MR) is 62.7 cm³/mol. The quantitative estimate of drug-likeness (QED) is 0.852. The van der Waals surface area contributed by atoms with Gasteiger partial charge in [0.2, 0.25) is 5.13 Å². The second kappa shape index (κ2) is 5.56. The van der Waals surface area contributed by atoms with Crippen LogP contribution in [-0.2, 0) is 16.1 Å². The Hall–Kier alpha value is -0.720. The maximum atomic E-state index is 5.33. The largest absolute Gasteiger partial charge is 0.381 e. The minimum Gasteiger partial charge on any atom is -0.381 e. The molecule has 1 aliphatic carbocycles. The van der Waals surface area contributed by atoms with Crippen molar-refractivity contribution < 1.29 is 9.47 Å². The van der Waals surface area contributed by atoms with E-state index in [0.29, 0.717) is 18.8 Å². The van der Waals surface area contributed by atoms with E-state index in [2.05, 4.69) is 14.7 Å². The second-order valence-electron chi connectivity index (χ2n) is 3.96. The lowest BCUT2D eigenvalue weighted by atomic mass is 10.2. The summed E-state index contributed by atoms with van der Waals surface area (Å²) in [7, 11) is 3.42. The van der Waals surface area contributed by atoms with Crippen LogP contribution in [0.2, 0.25) is 0 Å². The van der Waals surface area contributed by atoms with E-state index in [1.54, 1.807) is 14.2 Å². The van der Waals surface area contributed by atoms with Gasteiger partial charge in [0.25, 0.3) is 0 Å². The predicted octanol–water partition coefficient (Wildman–Crippen LogP) is 1.66. The van der Waals surface area contributed by atoms with E-state index < -0.39 is 0 Å². The van der Waals surface area contributed by atoms with Crippen molar-refractivity contribution in [2.45, 2.75) is 38.0 Å². The van der Waals surface area contributed by atoms with Crippen molar-refractivity contribution in [3.63, 3.8) is 0 Å². The van der Waals surface area contributed by atoms with Gasteiger partial charge in [-0.1, -0.05) is 0 Å². The molecule has 1 saturated carbocycles. The Bertz CT molecular complexity index is 332. The molecule has 0 bridgehead atoms. The highest BCUT2D eigenvalue weighted by atomic mass is 32.1. The number of aromatic nitrogens is 2. The molecule has 16 heavy (non-hydrogen) atoms. The average molecular weight is 243 g/mol. The topological polar surface area (TPSA) is 56.3 Å². The van der Waals surface area contributed by atoms with Crippen LogP contribution in [0.5, 0.6) is 0 Å². The van der Waals surface area contributed by atoms with Crippen molar-refractivity contribution in [2.75, 3.05) is 19.5 Å². The van der Waals surface area contributed by atoms with E-state index in [4.69, 9.17) is 9.47 Å². The maximum Gasteiger partial charge on any atom is 0.202 e. The maximum absolute atomic E-state index is 5.33. The summed E-state index contributed by atoms with van der Waals surface area (Å²) in [5.41, 5.74) is 0. The van der Waals surface area contributed by atoms with Crippen LogP contribution < -0.4 is 5.32 Å². The third-order valence-corrected chi connectivity index (χ3v) is 3.47. The summed E-state index contributed by atoms with van der Waals surface area (Å²) in [6.07, 6.45) is 3.70. The lowest BCUT2D eigenvalue weighted by Crippen LogP contribution is -2.17. The summed E-state index contributed by atoms with van der Waals surface area (Å²) >= 11 is 1.39. The van der Waals surface area contributed by atoms with Crippen molar-refractivity contribution in [3.8, 4) is 0 Å². The molecule has 2 rings (SSSR count). The molecule has 2 unspecified atom stereocenters. The van der Waals surface area contributed by atoms with Crippen molar-refractivity contribution >= 4 is 16.7 Å². The van der Waals surface area contributed by atoms with Crippen LogP contribution in [0.3, 0.4) is 0 Å². The first kappa shape index (κ1) is 11.8. The van der Waals surface area contributed by atoms with Crippen LogP contribution in [0, 0.1) is 0 Å². The molecular formula is C10H17N3O2S. The van der Waals surface area contributed by atoms with Gasteiger partial charge in [-0.3, -0.25) is 0 Å². The molecule has 1 aromatic heterocycles. The summed E-state index contributed by atoms with van der Waals surface area (Å²) in [6.45, 7) is 0.476. The van der Waals surface area contributed by atoms with Crippen LogP contribution in [0.25, 0.3) is 0 Å². The smallest absolute Gasteiger partial charge is 0.202 e. The van der Waals surface area contributed by atoms with E-state index in [0.717, 1.165) is 30.2 Å². The van der Waals surface area contributed by atoms with Crippen molar-refractivity contribution in [3.05, 3.63) is 5.82 Å². The minimum atomic E-state index is 0.392. The van der Waals surface area contributed by atoms with Crippen LogP contribution in [0.1, 0.15) is 25.1 Å². The molecule has 0 radical (unpaired) electrons. The zero-order valence-corrected chi connectivity index (χ0v) is 10.4. The fourth-order valence-corrected chi connectivity index (χ4v) is 2.61. The average Bonchev–Trinajstić information content (AvgIpc) is 2.89. The van der Waals surface area contributed by atoms with Gasteiger partial charge >= 0.3 is 0 Å². The molecule has 0 amide bonds. The van der Waals surface area contributed by atoms with Gasteiger partial charge in [0.1, 0.15) is 6.61 Å². The van der Waals surface area contributed by atoms with Crippen LogP contribution in [0.15, 0.2) is 0 Å².